The van der Waals surface area contributed by atoms with E-state index in [4.69, 9.17) is 14.2 Å². The minimum absolute atomic E-state index is 0.00679. The standard InChI is InChI=1S/C50H98N2O6/c1-7-9-11-13-15-16-17-22-32-44-56-48(53)37-29-24-31-42-52(43-45-57-49(54)39-33-40-51(5)6)41-30-21-18-20-28-38-50(55)58-47(35-26-19-14-12-10-8-2)36-27-23-25-34-46(3)4/h46-47H,7-45H2,1-6H3. The van der Waals surface area contributed by atoms with Crippen molar-refractivity contribution in [1.29, 1.82) is 0 Å². The first-order valence-corrected chi connectivity index (χ1v) is 25.1. The molecule has 0 rings (SSSR count). The first-order chi connectivity index (χ1) is 28.2. The molecule has 0 aliphatic rings. The highest BCUT2D eigenvalue weighted by atomic mass is 16.5. The Labute approximate surface area is 360 Å². The van der Waals surface area contributed by atoms with E-state index in [0.717, 1.165) is 128 Å². The van der Waals surface area contributed by atoms with Crippen LogP contribution in [0.25, 0.3) is 0 Å². The van der Waals surface area contributed by atoms with Crippen LogP contribution in [-0.2, 0) is 28.6 Å². The quantitative estimate of drug-likeness (QED) is 0.0341. The molecule has 0 aromatic carbocycles. The molecule has 0 heterocycles. The van der Waals surface area contributed by atoms with Crippen LogP contribution in [0.2, 0.25) is 0 Å². The zero-order valence-corrected chi connectivity index (χ0v) is 39.6. The average molecular weight is 823 g/mol. The van der Waals surface area contributed by atoms with Crippen molar-refractivity contribution in [2.24, 2.45) is 5.92 Å². The van der Waals surface area contributed by atoms with Crippen molar-refractivity contribution >= 4 is 17.9 Å². The third-order valence-corrected chi connectivity index (χ3v) is 11.4. The Kier molecular flexibility index (Phi) is 42.2. The minimum Gasteiger partial charge on any atom is -0.466 e. The van der Waals surface area contributed by atoms with E-state index in [-0.39, 0.29) is 24.0 Å². The summed E-state index contributed by atoms with van der Waals surface area (Å²) in [6.45, 7) is 13.6. The Balaban J connectivity index is 4.47. The summed E-state index contributed by atoms with van der Waals surface area (Å²) in [6, 6.07) is 0. The summed E-state index contributed by atoms with van der Waals surface area (Å²) >= 11 is 0. The van der Waals surface area contributed by atoms with E-state index in [0.29, 0.717) is 32.5 Å². The van der Waals surface area contributed by atoms with Crippen LogP contribution in [0.15, 0.2) is 0 Å². The second kappa shape index (κ2) is 43.4. The number of carbonyl (C=O) groups is 3. The predicted octanol–water partition coefficient (Wildman–Crippen LogP) is 13.4. The number of hydrogen-bond acceptors (Lipinski definition) is 8. The van der Waals surface area contributed by atoms with Gasteiger partial charge in [0.05, 0.1) is 6.61 Å². The predicted molar refractivity (Wildman–Crippen MR) is 245 cm³/mol. The number of hydrogen-bond donors (Lipinski definition) is 0. The highest BCUT2D eigenvalue weighted by molar-refractivity contribution is 5.70. The Morgan fingerprint density at radius 3 is 1.38 bits per heavy atom. The van der Waals surface area contributed by atoms with Crippen molar-refractivity contribution < 1.29 is 28.6 Å². The smallest absolute Gasteiger partial charge is 0.306 e. The highest BCUT2D eigenvalue weighted by Crippen LogP contribution is 2.19. The molecule has 0 bridgehead atoms. The second-order valence-corrected chi connectivity index (χ2v) is 18.0. The van der Waals surface area contributed by atoms with Crippen molar-refractivity contribution in [2.45, 2.75) is 246 Å². The molecular formula is C50H98N2O6. The molecule has 0 radical (unpaired) electrons. The van der Waals surface area contributed by atoms with Crippen LogP contribution in [0.1, 0.15) is 240 Å². The van der Waals surface area contributed by atoms with Gasteiger partial charge in [0.25, 0.3) is 0 Å². The maximum atomic E-state index is 12.8. The fourth-order valence-corrected chi connectivity index (χ4v) is 7.58. The van der Waals surface area contributed by atoms with E-state index in [1.54, 1.807) is 0 Å². The molecule has 1 atom stereocenters. The largest absolute Gasteiger partial charge is 0.466 e. The Morgan fingerprint density at radius 2 is 0.828 bits per heavy atom. The molecule has 0 aliphatic carbocycles. The maximum absolute atomic E-state index is 12.8. The molecule has 344 valence electrons. The number of esters is 3. The summed E-state index contributed by atoms with van der Waals surface area (Å²) in [7, 11) is 4.04. The van der Waals surface area contributed by atoms with Crippen molar-refractivity contribution in [3.63, 3.8) is 0 Å². The lowest BCUT2D eigenvalue weighted by atomic mass is 10.0. The van der Waals surface area contributed by atoms with Gasteiger partial charge in [0.2, 0.25) is 0 Å². The van der Waals surface area contributed by atoms with Gasteiger partial charge in [-0.25, -0.2) is 0 Å². The van der Waals surface area contributed by atoms with Crippen LogP contribution in [0.4, 0.5) is 0 Å². The number of carbonyl (C=O) groups excluding carboxylic acids is 3. The van der Waals surface area contributed by atoms with Gasteiger partial charge in [-0.05, 0) is 104 Å². The van der Waals surface area contributed by atoms with Crippen LogP contribution in [0, 0.1) is 5.92 Å². The molecule has 8 nitrogen and oxygen atoms in total. The molecule has 0 aromatic rings. The van der Waals surface area contributed by atoms with E-state index in [9.17, 15) is 14.4 Å². The van der Waals surface area contributed by atoms with Crippen LogP contribution < -0.4 is 0 Å². The molecule has 0 saturated heterocycles. The van der Waals surface area contributed by atoms with E-state index in [2.05, 4.69) is 37.5 Å². The van der Waals surface area contributed by atoms with Gasteiger partial charge in [0.15, 0.2) is 0 Å². The summed E-state index contributed by atoms with van der Waals surface area (Å²) < 4.78 is 17.1. The van der Waals surface area contributed by atoms with Gasteiger partial charge in [0, 0.05) is 25.8 Å². The fraction of sp³-hybridized carbons (Fsp3) is 0.940. The lowest BCUT2D eigenvalue weighted by molar-refractivity contribution is -0.150. The van der Waals surface area contributed by atoms with Gasteiger partial charge < -0.3 is 19.1 Å². The Bertz CT molecular complexity index is 913. The normalized spacial score (nSPS) is 12.2. The number of rotatable bonds is 45. The minimum atomic E-state index is -0.114. The molecule has 0 fully saturated rings. The van der Waals surface area contributed by atoms with Gasteiger partial charge >= 0.3 is 17.9 Å². The molecule has 1 unspecified atom stereocenters. The zero-order chi connectivity index (χ0) is 42.7. The van der Waals surface area contributed by atoms with E-state index in [1.165, 1.54) is 96.3 Å². The molecule has 0 spiro atoms. The second-order valence-electron chi connectivity index (χ2n) is 18.0. The monoisotopic (exact) mass is 823 g/mol. The van der Waals surface area contributed by atoms with Crippen molar-refractivity contribution in [3.05, 3.63) is 0 Å². The van der Waals surface area contributed by atoms with Gasteiger partial charge in [-0.3, -0.25) is 19.3 Å². The molecular weight excluding hydrogens is 725 g/mol. The van der Waals surface area contributed by atoms with Crippen LogP contribution in [0.5, 0.6) is 0 Å². The summed E-state index contributed by atoms with van der Waals surface area (Å²) in [6.07, 6.45) is 36.4. The zero-order valence-electron chi connectivity index (χ0n) is 39.6. The van der Waals surface area contributed by atoms with Crippen LogP contribution in [-0.4, -0.2) is 87.3 Å². The molecule has 0 aromatic heterocycles. The average Bonchev–Trinajstić information content (AvgIpc) is 3.18. The van der Waals surface area contributed by atoms with E-state index in [1.807, 2.05) is 14.1 Å². The first-order valence-electron chi connectivity index (χ1n) is 25.1. The van der Waals surface area contributed by atoms with Gasteiger partial charge in [-0.15, -0.1) is 0 Å². The van der Waals surface area contributed by atoms with Crippen LogP contribution >= 0.6 is 0 Å². The summed E-state index contributed by atoms with van der Waals surface area (Å²) in [5.41, 5.74) is 0. The summed E-state index contributed by atoms with van der Waals surface area (Å²) in [4.78, 5) is 41.9. The Hall–Kier alpha value is -1.67. The molecule has 0 N–H and O–H groups in total. The topological polar surface area (TPSA) is 85.4 Å². The number of ether oxygens (including phenoxy) is 3. The van der Waals surface area contributed by atoms with Crippen molar-refractivity contribution in [1.82, 2.24) is 9.80 Å². The van der Waals surface area contributed by atoms with Crippen molar-refractivity contribution in [2.75, 3.05) is 53.5 Å². The van der Waals surface area contributed by atoms with E-state index < -0.39 is 0 Å². The molecule has 8 heteroatoms. The molecule has 58 heavy (non-hydrogen) atoms. The highest BCUT2D eigenvalue weighted by Gasteiger charge is 2.15. The first kappa shape index (κ1) is 56.3. The molecule has 0 saturated carbocycles. The van der Waals surface area contributed by atoms with Gasteiger partial charge in [-0.1, -0.05) is 156 Å². The fourth-order valence-electron chi connectivity index (χ4n) is 7.58. The molecule has 0 amide bonds. The summed E-state index contributed by atoms with van der Waals surface area (Å²) in [5, 5.41) is 0. The lowest BCUT2D eigenvalue weighted by Crippen LogP contribution is -2.30. The number of nitrogens with zero attached hydrogens (tertiary/aromatic N) is 2. The Morgan fingerprint density at radius 1 is 0.414 bits per heavy atom. The third-order valence-electron chi connectivity index (χ3n) is 11.4. The summed E-state index contributed by atoms with van der Waals surface area (Å²) in [5.74, 6) is 0.574. The van der Waals surface area contributed by atoms with Gasteiger partial charge in [0.1, 0.15) is 12.7 Å². The maximum Gasteiger partial charge on any atom is 0.306 e. The SMILES string of the molecule is CCCCCCCCCCCOC(=O)CCCCCN(CCCCCCCC(=O)OC(CCCCCCCC)CCCCCC(C)C)CCOC(=O)CCCN(C)C. The van der Waals surface area contributed by atoms with Crippen molar-refractivity contribution in [3.8, 4) is 0 Å². The number of unbranched alkanes of at least 4 members (excludes halogenated alkanes) is 21. The van der Waals surface area contributed by atoms with E-state index >= 15 is 0 Å². The lowest BCUT2D eigenvalue weighted by Gasteiger charge is -2.22. The third kappa shape index (κ3) is 42.5. The van der Waals surface area contributed by atoms with Crippen LogP contribution in [0.3, 0.4) is 0 Å². The molecule has 0 aliphatic heterocycles. The van der Waals surface area contributed by atoms with Gasteiger partial charge in [-0.2, -0.15) is 0 Å².